The molecule has 126 valence electrons. The third kappa shape index (κ3) is 3.37. The Morgan fingerprint density at radius 3 is 2.38 bits per heavy atom. The predicted octanol–water partition coefficient (Wildman–Crippen LogP) is 3.84. The molecule has 0 amide bonds. The molecule has 6 nitrogen and oxygen atoms in total. The minimum absolute atomic E-state index is 0.178. The summed E-state index contributed by atoms with van der Waals surface area (Å²) in [7, 11) is 0. The molecule has 0 bridgehead atoms. The summed E-state index contributed by atoms with van der Waals surface area (Å²) in [6.45, 7) is 8.89. The lowest BCUT2D eigenvalue weighted by atomic mass is 9.92. The molecule has 24 heavy (non-hydrogen) atoms. The van der Waals surface area contributed by atoms with Crippen molar-refractivity contribution in [1.82, 2.24) is 25.3 Å². The molecule has 0 aliphatic carbocycles. The van der Waals surface area contributed by atoms with Crippen LogP contribution in [0.15, 0.2) is 36.4 Å². The van der Waals surface area contributed by atoms with E-state index in [0.29, 0.717) is 17.5 Å². The molecule has 0 spiro atoms. The first-order valence-electron chi connectivity index (χ1n) is 8.50. The van der Waals surface area contributed by atoms with E-state index in [9.17, 15) is 0 Å². The predicted molar refractivity (Wildman–Crippen MR) is 94.9 cm³/mol. The van der Waals surface area contributed by atoms with Crippen LogP contribution >= 0.6 is 0 Å². The van der Waals surface area contributed by atoms with Gasteiger partial charge >= 0.3 is 0 Å². The van der Waals surface area contributed by atoms with Gasteiger partial charge in [-0.25, -0.2) is 0 Å². The van der Waals surface area contributed by atoms with E-state index in [0.717, 1.165) is 12.2 Å². The first-order valence-corrected chi connectivity index (χ1v) is 8.50. The van der Waals surface area contributed by atoms with E-state index >= 15 is 0 Å². The fourth-order valence-corrected chi connectivity index (χ4v) is 2.79. The maximum Gasteiger partial charge on any atom is 0.200 e. The number of rotatable bonds is 6. The zero-order chi connectivity index (χ0) is 17.1. The van der Waals surface area contributed by atoms with Crippen LogP contribution in [-0.2, 0) is 0 Å². The van der Waals surface area contributed by atoms with Crippen LogP contribution in [0.1, 0.15) is 57.2 Å². The maximum absolute atomic E-state index is 4.41. The van der Waals surface area contributed by atoms with Gasteiger partial charge in [-0.2, -0.15) is 0 Å². The highest BCUT2D eigenvalue weighted by molar-refractivity contribution is 5.44. The van der Waals surface area contributed by atoms with Gasteiger partial charge in [0.25, 0.3) is 0 Å². The molecule has 3 rings (SSSR count). The van der Waals surface area contributed by atoms with Gasteiger partial charge in [0.2, 0.25) is 0 Å². The van der Waals surface area contributed by atoms with Crippen molar-refractivity contribution in [2.24, 2.45) is 5.92 Å². The number of aromatic nitrogens is 5. The normalized spacial score (nSPS) is 14.0. The highest BCUT2D eigenvalue weighted by atomic mass is 15.6. The second-order valence-corrected chi connectivity index (χ2v) is 6.59. The molecular formula is C18H24N6. The minimum Gasteiger partial charge on any atom is -0.362 e. The van der Waals surface area contributed by atoms with Crippen LogP contribution in [0.5, 0.6) is 0 Å². The summed E-state index contributed by atoms with van der Waals surface area (Å²) in [5.74, 6) is 1.78. The van der Waals surface area contributed by atoms with E-state index in [1.807, 2.05) is 12.1 Å². The van der Waals surface area contributed by atoms with Crippen molar-refractivity contribution < 1.29 is 0 Å². The van der Waals surface area contributed by atoms with Crippen LogP contribution in [0.3, 0.4) is 0 Å². The van der Waals surface area contributed by atoms with Gasteiger partial charge in [-0.3, -0.25) is 0 Å². The average Bonchev–Trinajstić information content (AvgIpc) is 3.06. The van der Waals surface area contributed by atoms with Gasteiger partial charge in [-0.15, -0.1) is 14.8 Å². The van der Waals surface area contributed by atoms with Crippen molar-refractivity contribution in [3.05, 3.63) is 47.5 Å². The first kappa shape index (κ1) is 16.4. The van der Waals surface area contributed by atoms with Crippen LogP contribution in [0.25, 0.3) is 5.65 Å². The van der Waals surface area contributed by atoms with Crippen molar-refractivity contribution >= 4 is 11.5 Å². The van der Waals surface area contributed by atoms with Crippen LogP contribution in [0.2, 0.25) is 0 Å². The number of nitrogens with zero attached hydrogens (tertiary/aromatic N) is 5. The van der Waals surface area contributed by atoms with Crippen molar-refractivity contribution in [1.29, 1.82) is 0 Å². The fraction of sp³-hybridized carbons (Fsp3) is 0.444. The van der Waals surface area contributed by atoms with Crippen molar-refractivity contribution in [3.63, 3.8) is 0 Å². The van der Waals surface area contributed by atoms with Gasteiger partial charge < -0.3 is 5.32 Å². The highest BCUT2D eigenvalue weighted by Gasteiger charge is 2.17. The molecule has 3 aromatic rings. The Morgan fingerprint density at radius 2 is 1.71 bits per heavy atom. The molecule has 2 aromatic heterocycles. The Hall–Kier alpha value is -2.50. The number of benzene rings is 1. The molecular weight excluding hydrogens is 300 g/mol. The third-order valence-electron chi connectivity index (χ3n) is 4.52. The lowest BCUT2D eigenvalue weighted by molar-refractivity contribution is 0.542. The van der Waals surface area contributed by atoms with Gasteiger partial charge in [0.15, 0.2) is 5.65 Å². The number of hydrogen-bond acceptors (Lipinski definition) is 5. The molecule has 2 heterocycles. The van der Waals surface area contributed by atoms with Crippen LogP contribution in [0.4, 0.5) is 5.82 Å². The molecule has 0 aliphatic heterocycles. The van der Waals surface area contributed by atoms with E-state index in [2.05, 4.69) is 77.9 Å². The van der Waals surface area contributed by atoms with E-state index in [1.54, 1.807) is 0 Å². The highest BCUT2D eigenvalue weighted by Crippen LogP contribution is 2.28. The monoisotopic (exact) mass is 324 g/mol. The second kappa shape index (κ2) is 6.95. The summed E-state index contributed by atoms with van der Waals surface area (Å²) in [5, 5.41) is 19.3. The zero-order valence-corrected chi connectivity index (χ0v) is 14.6. The molecule has 0 radical (unpaired) electrons. The van der Waals surface area contributed by atoms with Crippen molar-refractivity contribution in [2.75, 3.05) is 5.32 Å². The van der Waals surface area contributed by atoms with E-state index < -0.39 is 0 Å². The fourth-order valence-electron chi connectivity index (χ4n) is 2.79. The molecule has 0 saturated carbocycles. The van der Waals surface area contributed by atoms with Crippen LogP contribution < -0.4 is 5.32 Å². The minimum atomic E-state index is 0.178. The van der Waals surface area contributed by atoms with Gasteiger partial charge in [-0.1, -0.05) is 52.0 Å². The maximum atomic E-state index is 4.41. The van der Waals surface area contributed by atoms with E-state index in [4.69, 9.17) is 0 Å². The Morgan fingerprint density at radius 1 is 1.00 bits per heavy atom. The summed E-state index contributed by atoms with van der Waals surface area (Å²) in [6.07, 6.45) is 1.15. The zero-order valence-electron chi connectivity index (χ0n) is 14.6. The summed E-state index contributed by atoms with van der Waals surface area (Å²) in [6, 6.07) is 12.9. The Labute approximate surface area is 142 Å². The largest absolute Gasteiger partial charge is 0.362 e. The Kier molecular flexibility index (Phi) is 4.74. The summed E-state index contributed by atoms with van der Waals surface area (Å²) < 4.78 is 1.44. The number of anilines is 1. The van der Waals surface area contributed by atoms with Gasteiger partial charge in [0.05, 0.1) is 6.04 Å². The van der Waals surface area contributed by atoms with Crippen molar-refractivity contribution in [3.8, 4) is 0 Å². The number of hydrogen-bond donors (Lipinski definition) is 1. The van der Waals surface area contributed by atoms with E-state index in [1.165, 1.54) is 15.8 Å². The second-order valence-electron chi connectivity index (χ2n) is 6.59. The summed E-state index contributed by atoms with van der Waals surface area (Å²) in [5.41, 5.74) is 3.28. The smallest absolute Gasteiger partial charge is 0.200 e. The molecule has 1 aromatic carbocycles. The Balaban J connectivity index is 1.83. The summed E-state index contributed by atoms with van der Waals surface area (Å²) in [4.78, 5) is 0. The Bertz CT molecular complexity index is 793. The van der Waals surface area contributed by atoms with E-state index in [-0.39, 0.29) is 6.04 Å². The number of fused-ring (bicyclic) bond motifs is 1. The molecule has 0 saturated heterocycles. The van der Waals surface area contributed by atoms with Gasteiger partial charge in [0, 0.05) is 0 Å². The topological polar surface area (TPSA) is 68.0 Å². The van der Waals surface area contributed by atoms with Crippen molar-refractivity contribution in [2.45, 2.75) is 46.1 Å². The number of tetrazole rings is 1. The molecule has 0 aliphatic rings. The molecule has 6 heteroatoms. The lowest BCUT2D eigenvalue weighted by Crippen LogP contribution is -2.18. The third-order valence-corrected chi connectivity index (χ3v) is 4.52. The number of nitrogens with one attached hydrogen (secondary N) is 1. The van der Waals surface area contributed by atoms with Gasteiger partial charge in [0.1, 0.15) is 5.82 Å². The molecule has 0 fully saturated rings. The standard InChI is InChI=1S/C18H24N6/c1-5-13(4)14-6-8-15(9-7-14)18(12(2)3)19-16-10-11-17-20-22-23-24(17)21-16/h6-13,18H,5H2,1-4H3,(H,19,21)/t13-,18-/m1/s1. The molecule has 2 atom stereocenters. The lowest BCUT2D eigenvalue weighted by Gasteiger charge is -2.24. The molecule has 0 unspecified atom stereocenters. The summed E-state index contributed by atoms with van der Waals surface area (Å²) >= 11 is 0. The SMILES string of the molecule is CC[C@@H](C)c1ccc([C@H](Nc2ccc3nnnn3n2)C(C)C)cc1. The van der Waals surface area contributed by atoms with Crippen LogP contribution in [0, 0.1) is 5.92 Å². The molecule has 1 N–H and O–H groups in total. The van der Waals surface area contributed by atoms with Gasteiger partial charge in [-0.05, 0) is 51.9 Å². The first-order chi connectivity index (χ1) is 11.6. The quantitative estimate of drug-likeness (QED) is 0.746. The average molecular weight is 324 g/mol. The van der Waals surface area contributed by atoms with Crippen LogP contribution in [-0.4, -0.2) is 25.3 Å².